The molecule has 0 aromatic rings. The van der Waals surface area contributed by atoms with Gasteiger partial charge in [-0.25, -0.2) is 0 Å². The lowest BCUT2D eigenvalue weighted by atomic mass is 9.89. The standard InChI is InChI=1S/C11H17NO3/c1-6(2)11(10(14)15)5-8(11)9(13)12-7-3-4-7/h6-8H,3-5H2,1-2H3,(H,12,13)(H,14,15). The molecule has 84 valence electrons. The Kier molecular flexibility index (Phi) is 2.24. The lowest BCUT2D eigenvalue weighted by Crippen LogP contribution is -2.33. The molecule has 2 unspecified atom stereocenters. The van der Waals surface area contributed by atoms with Crippen LogP contribution in [0.25, 0.3) is 0 Å². The van der Waals surface area contributed by atoms with Crippen LogP contribution >= 0.6 is 0 Å². The molecule has 0 aliphatic heterocycles. The van der Waals surface area contributed by atoms with Gasteiger partial charge in [0.15, 0.2) is 0 Å². The molecule has 0 heterocycles. The largest absolute Gasteiger partial charge is 0.481 e. The fraction of sp³-hybridized carbons (Fsp3) is 0.818. The third-order valence-corrected chi connectivity index (χ3v) is 3.67. The Morgan fingerprint density at radius 1 is 1.40 bits per heavy atom. The molecular formula is C11H17NO3. The van der Waals surface area contributed by atoms with Gasteiger partial charge in [-0.15, -0.1) is 0 Å². The monoisotopic (exact) mass is 211 g/mol. The Labute approximate surface area is 89.0 Å². The number of hydrogen-bond donors (Lipinski definition) is 2. The van der Waals surface area contributed by atoms with Gasteiger partial charge in [-0.05, 0) is 25.2 Å². The van der Waals surface area contributed by atoms with E-state index in [2.05, 4.69) is 5.32 Å². The van der Waals surface area contributed by atoms with E-state index in [1.807, 2.05) is 13.8 Å². The molecule has 2 aliphatic carbocycles. The molecule has 0 bridgehead atoms. The Bertz CT molecular complexity index is 309. The molecule has 2 atom stereocenters. The Hall–Kier alpha value is -1.06. The second-order valence-electron chi connectivity index (χ2n) is 5.04. The molecule has 0 spiro atoms. The van der Waals surface area contributed by atoms with Gasteiger partial charge in [0.2, 0.25) is 5.91 Å². The van der Waals surface area contributed by atoms with Gasteiger partial charge in [0.1, 0.15) is 0 Å². The van der Waals surface area contributed by atoms with E-state index in [0.717, 1.165) is 12.8 Å². The van der Waals surface area contributed by atoms with Crippen LogP contribution in [0.2, 0.25) is 0 Å². The maximum absolute atomic E-state index is 11.7. The molecule has 15 heavy (non-hydrogen) atoms. The Morgan fingerprint density at radius 3 is 2.33 bits per heavy atom. The van der Waals surface area contributed by atoms with Gasteiger partial charge in [0.25, 0.3) is 0 Å². The number of aliphatic carboxylic acids is 1. The molecule has 0 aromatic carbocycles. The quantitative estimate of drug-likeness (QED) is 0.729. The molecule has 2 saturated carbocycles. The normalized spacial score (nSPS) is 33.9. The van der Waals surface area contributed by atoms with Crippen molar-refractivity contribution in [2.45, 2.75) is 39.2 Å². The SMILES string of the molecule is CC(C)C1(C(=O)O)CC1C(=O)NC1CC1. The minimum absolute atomic E-state index is 0.0185. The topological polar surface area (TPSA) is 66.4 Å². The van der Waals surface area contributed by atoms with Gasteiger partial charge < -0.3 is 10.4 Å². The fourth-order valence-corrected chi connectivity index (χ4v) is 2.26. The lowest BCUT2D eigenvalue weighted by molar-refractivity contribution is -0.147. The van der Waals surface area contributed by atoms with Crippen LogP contribution < -0.4 is 5.32 Å². The number of nitrogens with one attached hydrogen (secondary N) is 1. The zero-order valence-electron chi connectivity index (χ0n) is 9.12. The van der Waals surface area contributed by atoms with Crippen LogP contribution in [0.3, 0.4) is 0 Å². The number of carboxylic acid groups (broad SMARTS) is 1. The predicted molar refractivity (Wildman–Crippen MR) is 54.2 cm³/mol. The zero-order chi connectivity index (χ0) is 11.2. The first-order valence-corrected chi connectivity index (χ1v) is 5.52. The highest BCUT2D eigenvalue weighted by Crippen LogP contribution is 2.58. The van der Waals surface area contributed by atoms with Crippen molar-refractivity contribution < 1.29 is 14.7 Å². The third kappa shape index (κ3) is 1.62. The van der Waals surface area contributed by atoms with Gasteiger partial charge in [0.05, 0.1) is 11.3 Å². The van der Waals surface area contributed by atoms with Gasteiger partial charge in [-0.2, -0.15) is 0 Å². The van der Waals surface area contributed by atoms with Crippen LogP contribution in [-0.2, 0) is 9.59 Å². The van der Waals surface area contributed by atoms with E-state index in [-0.39, 0.29) is 17.7 Å². The number of rotatable bonds is 4. The summed E-state index contributed by atoms with van der Waals surface area (Å²) >= 11 is 0. The van der Waals surface area contributed by atoms with Gasteiger partial charge in [0, 0.05) is 6.04 Å². The molecule has 4 nitrogen and oxygen atoms in total. The first-order valence-electron chi connectivity index (χ1n) is 5.52. The smallest absolute Gasteiger partial charge is 0.310 e. The van der Waals surface area contributed by atoms with Crippen molar-refractivity contribution in [1.29, 1.82) is 0 Å². The van der Waals surface area contributed by atoms with E-state index in [1.54, 1.807) is 0 Å². The summed E-state index contributed by atoms with van der Waals surface area (Å²) in [5.41, 5.74) is -0.793. The van der Waals surface area contributed by atoms with Crippen molar-refractivity contribution in [2.24, 2.45) is 17.3 Å². The highest BCUT2D eigenvalue weighted by Gasteiger charge is 2.65. The number of carbonyl (C=O) groups is 2. The number of amides is 1. The van der Waals surface area contributed by atoms with Crippen LogP contribution in [-0.4, -0.2) is 23.0 Å². The highest BCUT2D eigenvalue weighted by molar-refractivity contribution is 5.93. The second kappa shape index (κ2) is 3.22. The molecule has 2 fully saturated rings. The van der Waals surface area contributed by atoms with E-state index in [9.17, 15) is 9.59 Å². The van der Waals surface area contributed by atoms with Crippen LogP contribution in [0.15, 0.2) is 0 Å². The highest BCUT2D eigenvalue weighted by atomic mass is 16.4. The lowest BCUT2D eigenvalue weighted by Gasteiger charge is -2.16. The maximum Gasteiger partial charge on any atom is 0.310 e. The molecule has 0 aromatic heterocycles. The fourth-order valence-electron chi connectivity index (χ4n) is 2.26. The summed E-state index contributed by atoms with van der Waals surface area (Å²) in [7, 11) is 0. The number of carbonyl (C=O) groups excluding carboxylic acids is 1. The second-order valence-corrected chi connectivity index (χ2v) is 5.04. The molecule has 4 heteroatoms. The van der Waals surface area contributed by atoms with Crippen molar-refractivity contribution in [3.05, 3.63) is 0 Å². The van der Waals surface area contributed by atoms with E-state index >= 15 is 0 Å². The first kappa shape index (κ1) is 10.5. The number of carboxylic acids is 1. The molecule has 1 amide bonds. The molecular weight excluding hydrogens is 194 g/mol. The molecule has 0 saturated heterocycles. The molecule has 2 aliphatic rings. The van der Waals surface area contributed by atoms with Crippen molar-refractivity contribution in [3.63, 3.8) is 0 Å². The van der Waals surface area contributed by atoms with Crippen LogP contribution in [0.5, 0.6) is 0 Å². The summed E-state index contributed by atoms with van der Waals surface area (Å²) in [5, 5.41) is 12.0. The molecule has 0 radical (unpaired) electrons. The van der Waals surface area contributed by atoms with Crippen LogP contribution in [0, 0.1) is 17.3 Å². The van der Waals surface area contributed by atoms with Gasteiger partial charge in [-0.3, -0.25) is 9.59 Å². The minimum Gasteiger partial charge on any atom is -0.481 e. The van der Waals surface area contributed by atoms with E-state index in [1.165, 1.54) is 0 Å². The van der Waals surface area contributed by atoms with Gasteiger partial charge in [-0.1, -0.05) is 13.8 Å². The van der Waals surface area contributed by atoms with E-state index < -0.39 is 11.4 Å². The van der Waals surface area contributed by atoms with Crippen LogP contribution in [0.4, 0.5) is 0 Å². The third-order valence-electron chi connectivity index (χ3n) is 3.67. The van der Waals surface area contributed by atoms with Crippen molar-refractivity contribution >= 4 is 11.9 Å². The summed E-state index contributed by atoms with van der Waals surface area (Å²) in [6, 6.07) is 0.316. The Morgan fingerprint density at radius 2 is 2.00 bits per heavy atom. The van der Waals surface area contributed by atoms with Gasteiger partial charge >= 0.3 is 5.97 Å². The minimum atomic E-state index is -0.826. The van der Waals surface area contributed by atoms with Crippen LogP contribution in [0.1, 0.15) is 33.1 Å². The number of hydrogen-bond acceptors (Lipinski definition) is 2. The van der Waals surface area contributed by atoms with Crippen molar-refractivity contribution in [2.75, 3.05) is 0 Å². The van der Waals surface area contributed by atoms with Crippen molar-refractivity contribution in [1.82, 2.24) is 5.32 Å². The first-order chi connectivity index (χ1) is 6.98. The summed E-state index contributed by atoms with van der Waals surface area (Å²) in [6.07, 6.45) is 2.58. The summed E-state index contributed by atoms with van der Waals surface area (Å²) in [4.78, 5) is 22.9. The van der Waals surface area contributed by atoms with Crippen molar-refractivity contribution in [3.8, 4) is 0 Å². The van der Waals surface area contributed by atoms with E-state index in [4.69, 9.17) is 5.11 Å². The molecule has 2 N–H and O–H groups in total. The average molecular weight is 211 g/mol. The summed E-state index contributed by atoms with van der Waals surface area (Å²) in [5.74, 6) is -1.18. The Balaban J connectivity index is 2.00. The zero-order valence-corrected chi connectivity index (χ0v) is 9.12. The average Bonchev–Trinajstić information content (AvgIpc) is 2.98. The predicted octanol–water partition coefficient (Wildman–Crippen LogP) is 1.01. The van der Waals surface area contributed by atoms with E-state index in [0.29, 0.717) is 12.5 Å². The summed E-state index contributed by atoms with van der Waals surface area (Å²) < 4.78 is 0. The maximum atomic E-state index is 11.7. The molecule has 2 rings (SSSR count). The summed E-state index contributed by atoms with van der Waals surface area (Å²) in [6.45, 7) is 3.75.